The molecule has 2 fully saturated rings. The number of aromatic nitrogens is 10. The lowest BCUT2D eigenvalue weighted by atomic mass is 10.1. The lowest BCUT2D eigenvalue weighted by molar-refractivity contribution is 0.0762. The van der Waals surface area contributed by atoms with Crippen molar-refractivity contribution in [1.82, 2.24) is 49.1 Å². The molecule has 0 unspecified atom stereocenters. The molecule has 0 bridgehead atoms. The summed E-state index contributed by atoms with van der Waals surface area (Å²) in [6.07, 6.45) is 10.2. The Labute approximate surface area is 379 Å². The molecule has 0 radical (unpaired) electrons. The van der Waals surface area contributed by atoms with Crippen LogP contribution in [0.4, 0.5) is 11.6 Å². The predicted molar refractivity (Wildman–Crippen MR) is 245 cm³/mol. The normalized spacial score (nSPS) is 16.2. The van der Waals surface area contributed by atoms with Crippen molar-refractivity contribution in [3.8, 4) is 34.0 Å². The highest BCUT2D eigenvalue weighted by Gasteiger charge is 2.40. The van der Waals surface area contributed by atoms with Crippen molar-refractivity contribution >= 4 is 45.3 Å². The van der Waals surface area contributed by atoms with Crippen molar-refractivity contribution in [2.24, 2.45) is 14.1 Å². The average molecular weight is 889 g/mol. The minimum Gasteiger partial charge on any atom is -0.497 e. The van der Waals surface area contributed by atoms with Crippen LogP contribution >= 0.6 is 0 Å². The Morgan fingerprint density at radius 1 is 0.606 bits per heavy atom. The minimum atomic E-state index is -0.128. The molecule has 336 valence electrons. The molecule has 0 N–H and O–H groups in total. The third kappa shape index (κ3) is 7.03. The van der Waals surface area contributed by atoms with Gasteiger partial charge in [-0.1, -0.05) is 24.3 Å². The number of hydrogen-bond donors (Lipinski definition) is 0. The van der Waals surface area contributed by atoms with E-state index in [0.29, 0.717) is 62.5 Å². The fourth-order valence-corrected chi connectivity index (χ4v) is 9.68. The number of ether oxygens (including phenoxy) is 4. The second kappa shape index (κ2) is 16.8. The van der Waals surface area contributed by atoms with Gasteiger partial charge < -0.3 is 18.9 Å². The third-order valence-corrected chi connectivity index (χ3v) is 13.0. The van der Waals surface area contributed by atoms with Gasteiger partial charge in [-0.2, -0.15) is 20.4 Å². The summed E-state index contributed by atoms with van der Waals surface area (Å²) >= 11 is 0. The smallest absolute Gasteiger partial charge is 0.280 e. The van der Waals surface area contributed by atoms with E-state index in [2.05, 4.69) is 10.2 Å². The highest BCUT2D eigenvalue weighted by atomic mass is 16.5. The van der Waals surface area contributed by atoms with Gasteiger partial charge in [-0.15, -0.1) is 0 Å². The molecule has 4 aliphatic heterocycles. The van der Waals surface area contributed by atoms with E-state index in [-0.39, 0.29) is 23.9 Å². The van der Waals surface area contributed by atoms with E-state index >= 15 is 0 Å². The van der Waals surface area contributed by atoms with Crippen LogP contribution in [0, 0.1) is 0 Å². The van der Waals surface area contributed by atoms with Gasteiger partial charge in [0.2, 0.25) is 0 Å². The molecule has 66 heavy (non-hydrogen) atoms. The Balaban J connectivity index is 0.000000146. The molecule has 2 saturated heterocycles. The molecule has 0 atom stereocenters. The molecule has 18 nitrogen and oxygen atoms in total. The van der Waals surface area contributed by atoms with Gasteiger partial charge in [-0.05, 0) is 73.2 Å². The van der Waals surface area contributed by atoms with Crippen molar-refractivity contribution in [2.75, 3.05) is 50.4 Å². The van der Waals surface area contributed by atoms with E-state index in [1.54, 1.807) is 49.2 Å². The number of carbonyl (C=O) groups excluding carboxylic acids is 2. The first-order chi connectivity index (χ1) is 32.3. The number of pyridine rings is 2. The van der Waals surface area contributed by atoms with Crippen molar-refractivity contribution in [3.05, 3.63) is 108 Å². The molecule has 0 aliphatic carbocycles. The molecule has 10 heterocycles. The number of hydrogen-bond acceptors (Lipinski definition) is 12. The van der Waals surface area contributed by atoms with Crippen LogP contribution in [0.2, 0.25) is 0 Å². The Hall–Kier alpha value is -7.44. The summed E-state index contributed by atoms with van der Waals surface area (Å²) in [6, 6.07) is 19.9. The second-order valence-corrected chi connectivity index (χ2v) is 16.9. The van der Waals surface area contributed by atoms with Gasteiger partial charge in [-0.3, -0.25) is 38.1 Å². The molecule has 6 aromatic heterocycles. The van der Waals surface area contributed by atoms with Crippen LogP contribution in [-0.2, 0) is 36.7 Å². The zero-order valence-corrected chi connectivity index (χ0v) is 37.1. The van der Waals surface area contributed by atoms with Gasteiger partial charge in [0.05, 0.1) is 66.4 Å². The molecule has 4 aliphatic rings. The largest absolute Gasteiger partial charge is 0.497 e. The van der Waals surface area contributed by atoms with Crippen LogP contribution in [0.5, 0.6) is 11.5 Å². The maximum absolute atomic E-state index is 13.8. The second-order valence-electron chi connectivity index (χ2n) is 16.9. The number of methoxy groups -OCH3 is 2. The van der Waals surface area contributed by atoms with Gasteiger partial charge in [0.15, 0.2) is 5.69 Å². The SMILES string of the molecule is COc1ccc(Cn2nc3c4c(nccc42)N(C2CCOCC2)C(=O)c2c-3cnn2C)cc1.COc1ccc(Cn2nc3c4c(nccc42)N(C2CCOCC2)C(=O)c2nn(C)cc2-3)cc1. The Morgan fingerprint density at radius 2 is 1.09 bits per heavy atom. The maximum Gasteiger partial charge on any atom is 0.280 e. The summed E-state index contributed by atoms with van der Waals surface area (Å²) in [5.74, 6) is 2.74. The van der Waals surface area contributed by atoms with E-state index in [9.17, 15) is 9.59 Å². The molecule has 8 aromatic rings. The third-order valence-electron chi connectivity index (χ3n) is 13.0. The number of amides is 2. The fraction of sp³-hybridized carbons (Fsp3) is 0.333. The highest BCUT2D eigenvalue weighted by molar-refractivity contribution is 6.19. The number of anilines is 2. The highest BCUT2D eigenvalue weighted by Crippen LogP contribution is 2.43. The Bertz CT molecular complexity index is 3000. The van der Waals surface area contributed by atoms with Crippen LogP contribution in [0.3, 0.4) is 0 Å². The van der Waals surface area contributed by atoms with Crippen LogP contribution in [-0.4, -0.2) is 114 Å². The van der Waals surface area contributed by atoms with E-state index in [1.807, 2.05) is 93.1 Å². The zero-order chi connectivity index (χ0) is 45.1. The van der Waals surface area contributed by atoms with E-state index in [1.165, 1.54) is 0 Å². The van der Waals surface area contributed by atoms with Crippen molar-refractivity contribution in [3.63, 3.8) is 0 Å². The summed E-state index contributed by atoms with van der Waals surface area (Å²) in [7, 11) is 6.95. The fourth-order valence-electron chi connectivity index (χ4n) is 9.68. The first-order valence-corrected chi connectivity index (χ1v) is 22.2. The standard InChI is InChI=1S/2C24H24N6O3/c1-28-22-18(13-26-28)21-20-19(29(27-21)14-15-3-5-17(32-2)6-4-15)7-10-25-23(20)30(24(22)31)16-8-11-33-12-9-16;1-28-14-18-21-20-19(29(27-21)13-15-3-5-17(32-2)6-4-15)7-10-25-23(20)30(24(31)22(18)26-28)16-8-11-33-12-9-16/h3-7,10,13,16H,8-9,11-12,14H2,1-2H3;3-7,10,14,16H,8-9,11-13H2,1-2H3. The first kappa shape index (κ1) is 41.3. The quantitative estimate of drug-likeness (QED) is 0.173. The van der Waals surface area contributed by atoms with Crippen molar-refractivity contribution in [2.45, 2.75) is 50.9 Å². The minimum absolute atomic E-state index is 0.00935. The molecule has 2 aromatic carbocycles. The maximum atomic E-state index is 13.8. The van der Waals surface area contributed by atoms with Crippen molar-refractivity contribution < 1.29 is 28.5 Å². The summed E-state index contributed by atoms with van der Waals surface area (Å²) in [4.78, 5) is 40.6. The summed E-state index contributed by atoms with van der Waals surface area (Å²) in [5, 5.41) is 20.6. The molecular formula is C48H48N12O6. The number of carbonyl (C=O) groups is 2. The molecule has 18 heteroatoms. The van der Waals surface area contributed by atoms with E-state index in [4.69, 9.17) is 39.1 Å². The Morgan fingerprint density at radius 3 is 1.59 bits per heavy atom. The molecule has 0 spiro atoms. The predicted octanol–water partition coefficient (Wildman–Crippen LogP) is 6.06. The van der Waals surface area contributed by atoms with Crippen molar-refractivity contribution in [1.29, 1.82) is 0 Å². The van der Waals surface area contributed by atoms with Crippen LogP contribution in [0.1, 0.15) is 57.8 Å². The zero-order valence-electron chi connectivity index (χ0n) is 37.1. The van der Waals surface area contributed by atoms with E-state index in [0.717, 1.165) is 92.6 Å². The number of benzene rings is 2. The van der Waals surface area contributed by atoms with Gasteiger partial charge in [-0.25, -0.2) is 9.97 Å². The monoisotopic (exact) mass is 888 g/mol. The van der Waals surface area contributed by atoms with Gasteiger partial charge in [0.25, 0.3) is 11.8 Å². The number of rotatable bonds is 8. The average Bonchev–Trinajstić information content (AvgIpc) is 4.11. The topological polar surface area (TPSA) is 175 Å². The summed E-state index contributed by atoms with van der Waals surface area (Å²) in [5.41, 5.74) is 8.00. The van der Waals surface area contributed by atoms with Crippen LogP contribution < -0.4 is 19.3 Å². The molecule has 0 saturated carbocycles. The molecule has 2 amide bonds. The first-order valence-electron chi connectivity index (χ1n) is 22.2. The molecule has 12 rings (SSSR count). The lowest BCUT2D eigenvalue weighted by Crippen LogP contribution is -2.44. The number of fused-ring (bicyclic) bond motifs is 4. The van der Waals surface area contributed by atoms with Gasteiger partial charge in [0.1, 0.15) is 40.2 Å². The lowest BCUT2D eigenvalue weighted by Gasteiger charge is -2.33. The van der Waals surface area contributed by atoms with E-state index < -0.39 is 0 Å². The number of nitrogens with zero attached hydrogens (tertiary/aromatic N) is 12. The summed E-state index contributed by atoms with van der Waals surface area (Å²) in [6.45, 7) is 3.69. The van der Waals surface area contributed by atoms with Gasteiger partial charge in [0, 0.05) is 71.2 Å². The van der Waals surface area contributed by atoms with Crippen LogP contribution in [0.25, 0.3) is 44.3 Å². The number of aryl methyl sites for hydroxylation is 2. The molecular weight excluding hydrogens is 841 g/mol. The van der Waals surface area contributed by atoms with Crippen LogP contribution in [0.15, 0.2) is 85.5 Å². The Kier molecular flexibility index (Phi) is 10.5. The van der Waals surface area contributed by atoms with Gasteiger partial charge >= 0.3 is 0 Å². The summed E-state index contributed by atoms with van der Waals surface area (Å²) < 4.78 is 29.0.